The van der Waals surface area contributed by atoms with Gasteiger partial charge in [-0.2, -0.15) is 0 Å². The predicted octanol–water partition coefficient (Wildman–Crippen LogP) is 7.47. The maximum absolute atomic E-state index is 16.1. The van der Waals surface area contributed by atoms with E-state index in [0.717, 1.165) is 134 Å². The summed E-state index contributed by atoms with van der Waals surface area (Å²) < 4.78 is 0. The van der Waals surface area contributed by atoms with Crippen LogP contribution in [0.15, 0.2) is 11.1 Å². The minimum Gasteiger partial charge on any atom is -0.297 e. The SMILES string of the molecule is O=C1/C2=C(\C3CCCCCCC3C(=O)C34CCCCCC1(C3)N4)C13CCCCCCC(CC1)(N3)C(=O)C13CCCCCCCC2(C1)N3. The van der Waals surface area contributed by atoms with Gasteiger partial charge in [0.1, 0.15) is 0 Å². The van der Waals surface area contributed by atoms with Crippen molar-refractivity contribution in [2.24, 2.45) is 11.8 Å². The second kappa shape index (κ2) is 11.3. The fourth-order valence-corrected chi connectivity index (χ4v) is 13.8. The first kappa shape index (κ1) is 31.6. The Morgan fingerprint density at radius 2 is 0.851 bits per heavy atom. The van der Waals surface area contributed by atoms with Crippen molar-refractivity contribution in [3.8, 4) is 0 Å². The van der Waals surface area contributed by atoms with Gasteiger partial charge in [-0.15, -0.1) is 0 Å². The Bertz CT molecular complexity index is 1350. The summed E-state index contributed by atoms with van der Waals surface area (Å²) in [5, 5.41) is 12.5. The highest BCUT2D eigenvalue weighted by atomic mass is 16.1. The average Bonchev–Trinajstić information content (AvgIpc) is 3.44. The van der Waals surface area contributed by atoms with Gasteiger partial charge in [0.15, 0.2) is 17.3 Å². The summed E-state index contributed by atoms with van der Waals surface area (Å²) in [4.78, 5) is 46.7. The van der Waals surface area contributed by atoms with Crippen LogP contribution in [-0.4, -0.2) is 50.6 Å². The average molecular weight is 644 g/mol. The maximum atomic E-state index is 16.1. The van der Waals surface area contributed by atoms with E-state index in [1.165, 1.54) is 50.5 Å². The Morgan fingerprint density at radius 3 is 1.53 bits per heavy atom. The van der Waals surface area contributed by atoms with Crippen LogP contribution in [0, 0.1) is 11.8 Å². The van der Waals surface area contributed by atoms with Gasteiger partial charge in [0, 0.05) is 17.0 Å². The molecule has 6 heteroatoms. The summed E-state index contributed by atoms with van der Waals surface area (Å²) in [6.45, 7) is 0. The standard InChI is InChI=1S/C41H61N3O3/c45-33-30-18-10-3-2-9-17-29(30)31-32(34(46)40-23-16-8-15-22-39(33,28-40)44-40)38-21-13-4-1-5-14-24-41(27-38,43-38)35(47)37-20-12-7-6-11-19-36(31,42-37)25-26-37/h29-30,42-44H,1-28H2/b32-31-. The molecular formula is C41H61N3O3. The van der Waals surface area contributed by atoms with E-state index in [-0.39, 0.29) is 17.4 Å². The van der Waals surface area contributed by atoms with Crippen molar-refractivity contribution in [2.75, 3.05) is 0 Å². The number of ketones is 3. The molecule has 11 aliphatic rings. The Hall–Kier alpha value is -1.37. The summed E-state index contributed by atoms with van der Waals surface area (Å²) >= 11 is 0. The Morgan fingerprint density at radius 1 is 0.404 bits per heavy atom. The van der Waals surface area contributed by atoms with Gasteiger partial charge in [-0.25, -0.2) is 0 Å². The molecule has 6 bridgehead atoms. The molecule has 3 N–H and O–H groups in total. The van der Waals surface area contributed by atoms with Crippen LogP contribution in [0.4, 0.5) is 0 Å². The first-order valence-corrected chi connectivity index (χ1v) is 20.6. The number of carbonyl (C=O) groups is 3. The molecule has 8 atom stereocenters. The zero-order valence-corrected chi connectivity index (χ0v) is 29.2. The van der Waals surface area contributed by atoms with Gasteiger partial charge >= 0.3 is 0 Å². The first-order chi connectivity index (χ1) is 22.8. The van der Waals surface area contributed by atoms with E-state index in [0.29, 0.717) is 23.8 Å². The molecular weight excluding hydrogens is 582 g/mol. The van der Waals surface area contributed by atoms with Crippen LogP contribution >= 0.6 is 0 Å². The lowest BCUT2D eigenvalue weighted by molar-refractivity contribution is -0.148. The van der Waals surface area contributed by atoms with Gasteiger partial charge in [0.2, 0.25) is 0 Å². The van der Waals surface area contributed by atoms with E-state index in [4.69, 9.17) is 0 Å². The molecule has 0 aromatic carbocycles. The predicted molar refractivity (Wildman–Crippen MR) is 184 cm³/mol. The monoisotopic (exact) mass is 643 g/mol. The lowest BCUT2D eigenvalue weighted by Crippen LogP contribution is -2.82. The van der Waals surface area contributed by atoms with Crippen molar-refractivity contribution in [3.05, 3.63) is 11.1 Å². The van der Waals surface area contributed by atoms with E-state index in [9.17, 15) is 0 Å². The highest BCUT2D eigenvalue weighted by Crippen LogP contribution is 2.61. The number of carbonyl (C=O) groups excluding carboxylic acids is 3. The number of hydrogen-bond donors (Lipinski definition) is 3. The molecule has 8 unspecified atom stereocenters. The first-order valence-electron chi connectivity index (χ1n) is 20.6. The molecule has 258 valence electrons. The minimum absolute atomic E-state index is 0.0350. The molecule has 7 aliphatic heterocycles. The van der Waals surface area contributed by atoms with Crippen molar-refractivity contribution in [1.29, 1.82) is 0 Å². The van der Waals surface area contributed by atoms with Crippen LogP contribution in [0.3, 0.4) is 0 Å². The van der Waals surface area contributed by atoms with E-state index in [1.807, 2.05) is 0 Å². The lowest BCUT2D eigenvalue weighted by atomic mass is 9.53. The third kappa shape index (κ3) is 4.54. The number of hydrogen-bond acceptors (Lipinski definition) is 6. The normalized spacial score (nSPS) is 50.4. The third-order valence-corrected chi connectivity index (χ3v) is 15.7. The Balaban J connectivity index is 1.34. The molecule has 3 saturated carbocycles. The van der Waals surface area contributed by atoms with Crippen LogP contribution in [0.1, 0.15) is 180 Å². The molecule has 0 aromatic heterocycles. The van der Waals surface area contributed by atoms with Crippen molar-refractivity contribution in [2.45, 2.75) is 213 Å². The summed E-state index contributed by atoms with van der Waals surface area (Å²) in [5.74, 6) is 1.27. The molecule has 47 heavy (non-hydrogen) atoms. The van der Waals surface area contributed by atoms with Crippen LogP contribution < -0.4 is 16.0 Å². The van der Waals surface area contributed by atoms with Crippen LogP contribution in [-0.2, 0) is 14.4 Å². The lowest BCUT2D eigenvalue weighted by Gasteiger charge is -2.62. The number of rotatable bonds is 0. The zero-order valence-electron chi connectivity index (χ0n) is 29.2. The Labute approximate surface area is 283 Å². The smallest absolute Gasteiger partial charge is 0.180 e. The van der Waals surface area contributed by atoms with Gasteiger partial charge in [0.05, 0.1) is 27.7 Å². The van der Waals surface area contributed by atoms with Crippen molar-refractivity contribution >= 4 is 17.3 Å². The molecule has 0 radical (unpaired) electrons. The highest BCUT2D eigenvalue weighted by molar-refractivity contribution is 6.11. The quantitative estimate of drug-likeness (QED) is 0.254. The molecule has 0 amide bonds. The second-order valence-corrected chi connectivity index (χ2v) is 18.5. The van der Waals surface area contributed by atoms with Crippen LogP contribution in [0.2, 0.25) is 0 Å². The van der Waals surface area contributed by atoms with E-state index >= 15 is 14.4 Å². The minimum atomic E-state index is -0.636. The Kier molecular flexibility index (Phi) is 7.61. The molecule has 6 nitrogen and oxygen atoms in total. The van der Waals surface area contributed by atoms with Gasteiger partial charge in [-0.1, -0.05) is 103 Å². The summed E-state index contributed by atoms with van der Waals surface area (Å²) in [7, 11) is 0. The summed E-state index contributed by atoms with van der Waals surface area (Å²) in [6, 6.07) is 0. The number of nitrogens with one attached hydrogen (secondary N) is 3. The molecule has 4 aliphatic carbocycles. The van der Waals surface area contributed by atoms with Gasteiger partial charge < -0.3 is 0 Å². The molecule has 11 rings (SSSR count). The molecule has 7 heterocycles. The highest BCUT2D eigenvalue weighted by Gasteiger charge is 2.72. The third-order valence-electron chi connectivity index (χ3n) is 15.7. The summed E-state index contributed by atoms with van der Waals surface area (Å²) in [5.41, 5.74) is -0.601. The van der Waals surface area contributed by atoms with Gasteiger partial charge in [-0.3, -0.25) is 30.3 Å². The fraction of sp³-hybridized carbons (Fsp3) is 0.878. The number of fused-ring (bicyclic) bond motifs is 5. The van der Waals surface area contributed by atoms with E-state index in [2.05, 4.69) is 16.0 Å². The maximum Gasteiger partial charge on any atom is 0.180 e. The second-order valence-electron chi connectivity index (χ2n) is 18.5. The van der Waals surface area contributed by atoms with Gasteiger partial charge in [-0.05, 0) is 88.5 Å². The van der Waals surface area contributed by atoms with E-state index in [1.54, 1.807) is 0 Å². The van der Waals surface area contributed by atoms with Crippen molar-refractivity contribution < 1.29 is 14.4 Å². The molecule has 8 fully saturated rings. The molecule has 0 aromatic rings. The summed E-state index contributed by atoms with van der Waals surface area (Å²) in [6.07, 6.45) is 29.1. The molecule has 0 spiro atoms. The zero-order chi connectivity index (χ0) is 32.0. The number of Topliss-reactive ketones (excluding diaryl/α,β-unsaturated/α-hetero) is 3. The largest absolute Gasteiger partial charge is 0.297 e. The van der Waals surface area contributed by atoms with Gasteiger partial charge in [0.25, 0.3) is 0 Å². The van der Waals surface area contributed by atoms with Crippen LogP contribution in [0.25, 0.3) is 0 Å². The topological polar surface area (TPSA) is 87.3 Å². The van der Waals surface area contributed by atoms with Crippen LogP contribution in [0.5, 0.6) is 0 Å². The fourth-order valence-electron chi connectivity index (χ4n) is 13.8. The molecule has 5 saturated heterocycles. The van der Waals surface area contributed by atoms with Crippen molar-refractivity contribution in [3.63, 3.8) is 0 Å². The van der Waals surface area contributed by atoms with Crippen molar-refractivity contribution in [1.82, 2.24) is 16.0 Å². The van der Waals surface area contributed by atoms with E-state index < -0.39 is 27.7 Å².